The Bertz CT molecular complexity index is 914. The number of hydrogen-bond acceptors (Lipinski definition) is 3. The Kier molecular flexibility index (Phi) is 6.13. The lowest BCUT2D eigenvalue weighted by Gasteiger charge is -2.09. The van der Waals surface area contributed by atoms with Crippen LogP contribution in [0, 0.1) is 25.2 Å². The van der Waals surface area contributed by atoms with Crippen LogP contribution in [0.25, 0.3) is 6.08 Å². The quantitative estimate of drug-likeness (QED) is 0.481. The molecule has 2 aromatic rings. The van der Waals surface area contributed by atoms with Crippen LogP contribution in [0.2, 0.25) is 0 Å². The maximum atomic E-state index is 12.5. The van der Waals surface area contributed by atoms with Gasteiger partial charge in [-0.1, -0.05) is 19.1 Å². The number of para-hydroxylation sites is 1. The van der Waals surface area contributed by atoms with E-state index in [1.807, 2.05) is 26.0 Å². The number of Topliss-reactive ketones (excluding diaryl/α,β-unsaturated/α-hetero) is 1. The van der Waals surface area contributed by atoms with Crippen LogP contribution in [0.5, 0.6) is 0 Å². The second-order valence-electron chi connectivity index (χ2n) is 6.20. The molecule has 134 valence electrons. The summed E-state index contributed by atoms with van der Waals surface area (Å²) in [5.74, 6) is -0.673. The Labute approximate surface area is 153 Å². The lowest BCUT2D eigenvalue weighted by atomic mass is 10.1. The molecule has 1 amide bonds. The highest BCUT2D eigenvalue weighted by atomic mass is 16.2. The van der Waals surface area contributed by atoms with Gasteiger partial charge in [-0.25, -0.2) is 0 Å². The summed E-state index contributed by atoms with van der Waals surface area (Å²) < 4.78 is 2.17. The number of aryl methyl sites for hydroxylation is 1. The van der Waals surface area contributed by atoms with Crippen molar-refractivity contribution in [2.45, 2.75) is 40.7 Å². The molecule has 1 aromatic heterocycles. The standard InChI is InChI=1S/C21H23N3O2/c1-5-10-24-14(2)11-17(15(24)3)12-18(13-22)21(26)23-20-9-7-6-8-19(20)16(4)25/h6-9,11-12H,5,10H2,1-4H3,(H,23,26)/b18-12+. The van der Waals surface area contributed by atoms with Crippen molar-refractivity contribution in [3.63, 3.8) is 0 Å². The van der Waals surface area contributed by atoms with Crippen LogP contribution in [-0.4, -0.2) is 16.3 Å². The first-order valence-electron chi connectivity index (χ1n) is 8.58. The van der Waals surface area contributed by atoms with Gasteiger partial charge >= 0.3 is 0 Å². The van der Waals surface area contributed by atoms with Crippen molar-refractivity contribution in [1.82, 2.24) is 4.57 Å². The number of rotatable bonds is 6. The minimum absolute atomic E-state index is 0.0000959. The molecule has 0 aliphatic rings. The molecular formula is C21H23N3O2. The number of anilines is 1. The van der Waals surface area contributed by atoms with Crippen molar-refractivity contribution in [3.05, 3.63) is 58.4 Å². The van der Waals surface area contributed by atoms with Crippen molar-refractivity contribution in [2.24, 2.45) is 0 Å². The number of benzene rings is 1. The molecule has 0 atom stereocenters. The average molecular weight is 349 g/mol. The molecule has 0 saturated carbocycles. The van der Waals surface area contributed by atoms with Gasteiger partial charge in [0, 0.05) is 23.5 Å². The second-order valence-corrected chi connectivity index (χ2v) is 6.20. The fourth-order valence-corrected chi connectivity index (χ4v) is 2.93. The molecule has 0 unspecified atom stereocenters. The lowest BCUT2D eigenvalue weighted by molar-refractivity contribution is -0.112. The van der Waals surface area contributed by atoms with Gasteiger partial charge in [-0.15, -0.1) is 0 Å². The minimum Gasteiger partial charge on any atom is -0.349 e. The van der Waals surface area contributed by atoms with Gasteiger partial charge in [0.15, 0.2) is 5.78 Å². The Balaban J connectivity index is 2.33. The SMILES string of the molecule is CCCn1c(C)cc(/C=C(\C#N)C(=O)Nc2ccccc2C(C)=O)c1C. The minimum atomic E-state index is -0.526. The van der Waals surface area contributed by atoms with E-state index in [0.717, 1.165) is 29.9 Å². The fraction of sp³-hybridized carbons (Fsp3) is 0.286. The van der Waals surface area contributed by atoms with Crippen LogP contribution in [0.3, 0.4) is 0 Å². The van der Waals surface area contributed by atoms with Crippen molar-refractivity contribution in [3.8, 4) is 6.07 Å². The summed E-state index contributed by atoms with van der Waals surface area (Å²) in [5, 5.41) is 12.1. The number of hydrogen-bond donors (Lipinski definition) is 1. The predicted octanol–water partition coefficient (Wildman–Crippen LogP) is 4.26. The normalized spacial score (nSPS) is 11.1. The van der Waals surface area contributed by atoms with E-state index in [-0.39, 0.29) is 11.4 Å². The molecule has 5 heteroatoms. The molecule has 0 aliphatic heterocycles. The van der Waals surface area contributed by atoms with Crippen LogP contribution in [0.1, 0.15) is 47.6 Å². The van der Waals surface area contributed by atoms with Crippen molar-refractivity contribution in [2.75, 3.05) is 5.32 Å². The summed E-state index contributed by atoms with van der Waals surface area (Å²) in [6.07, 6.45) is 2.60. The molecule has 0 radical (unpaired) electrons. The smallest absolute Gasteiger partial charge is 0.266 e. The summed E-state index contributed by atoms with van der Waals surface area (Å²) in [6, 6.07) is 10.7. The predicted molar refractivity (Wildman–Crippen MR) is 103 cm³/mol. The molecule has 2 rings (SSSR count). The second kappa shape index (κ2) is 8.30. The first-order valence-corrected chi connectivity index (χ1v) is 8.58. The maximum absolute atomic E-state index is 12.5. The molecule has 0 bridgehead atoms. The molecule has 0 aliphatic carbocycles. The molecule has 0 fully saturated rings. The fourth-order valence-electron chi connectivity index (χ4n) is 2.93. The molecule has 5 nitrogen and oxygen atoms in total. The van der Waals surface area contributed by atoms with Gasteiger partial charge in [0.1, 0.15) is 11.6 Å². The molecule has 0 saturated heterocycles. The number of aromatic nitrogens is 1. The molecular weight excluding hydrogens is 326 g/mol. The number of nitrogens with one attached hydrogen (secondary N) is 1. The van der Waals surface area contributed by atoms with Gasteiger partial charge in [0.2, 0.25) is 0 Å². The first-order chi connectivity index (χ1) is 12.4. The number of ketones is 1. The van der Waals surface area contributed by atoms with Gasteiger partial charge < -0.3 is 9.88 Å². The Hall–Kier alpha value is -3.13. The molecule has 0 spiro atoms. The highest BCUT2D eigenvalue weighted by molar-refractivity contribution is 6.12. The highest BCUT2D eigenvalue weighted by Crippen LogP contribution is 2.20. The monoisotopic (exact) mass is 349 g/mol. The molecule has 1 heterocycles. The summed E-state index contributed by atoms with van der Waals surface area (Å²) in [5.41, 5.74) is 3.79. The maximum Gasteiger partial charge on any atom is 0.266 e. The number of amides is 1. The number of nitrogens with zero attached hydrogens (tertiary/aromatic N) is 2. The van der Waals surface area contributed by atoms with Gasteiger partial charge in [-0.3, -0.25) is 9.59 Å². The lowest BCUT2D eigenvalue weighted by Crippen LogP contribution is -2.15. The summed E-state index contributed by atoms with van der Waals surface area (Å²) >= 11 is 0. The van der Waals surface area contributed by atoms with E-state index in [1.54, 1.807) is 30.3 Å². The van der Waals surface area contributed by atoms with Gasteiger partial charge in [0.05, 0.1) is 5.69 Å². The number of carbonyl (C=O) groups is 2. The van der Waals surface area contributed by atoms with Crippen LogP contribution in [0.4, 0.5) is 5.69 Å². The van der Waals surface area contributed by atoms with E-state index < -0.39 is 5.91 Å². The van der Waals surface area contributed by atoms with Crippen LogP contribution >= 0.6 is 0 Å². The van der Waals surface area contributed by atoms with Crippen molar-refractivity contribution >= 4 is 23.5 Å². The highest BCUT2D eigenvalue weighted by Gasteiger charge is 2.15. The third-order valence-electron chi connectivity index (χ3n) is 4.28. The number of carbonyl (C=O) groups excluding carboxylic acids is 2. The molecule has 26 heavy (non-hydrogen) atoms. The van der Waals surface area contributed by atoms with E-state index in [4.69, 9.17) is 0 Å². The van der Waals surface area contributed by atoms with Crippen molar-refractivity contribution in [1.29, 1.82) is 5.26 Å². The first kappa shape index (κ1) is 19.2. The Morgan fingerprint density at radius 3 is 2.58 bits per heavy atom. The van der Waals surface area contributed by atoms with Crippen LogP contribution in [-0.2, 0) is 11.3 Å². The zero-order chi connectivity index (χ0) is 19.3. The van der Waals surface area contributed by atoms with Crippen LogP contribution < -0.4 is 5.32 Å². The van der Waals surface area contributed by atoms with E-state index in [0.29, 0.717) is 11.3 Å². The number of nitriles is 1. The van der Waals surface area contributed by atoms with E-state index in [9.17, 15) is 14.9 Å². The van der Waals surface area contributed by atoms with Crippen LogP contribution in [0.15, 0.2) is 35.9 Å². The summed E-state index contributed by atoms with van der Waals surface area (Å²) in [7, 11) is 0. The zero-order valence-corrected chi connectivity index (χ0v) is 15.6. The van der Waals surface area contributed by atoms with E-state index in [1.165, 1.54) is 6.92 Å². The summed E-state index contributed by atoms with van der Waals surface area (Å²) in [6.45, 7) is 8.43. The van der Waals surface area contributed by atoms with Gasteiger partial charge in [-0.05, 0) is 57.0 Å². The van der Waals surface area contributed by atoms with Crippen molar-refractivity contribution < 1.29 is 9.59 Å². The topological polar surface area (TPSA) is 74.9 Å². The molecule has 1 N–H and O–H groups in total. The van der Waals surface area contributed by atoms with Gasteiger partial charge in [-0.2, -0.15) is 5.26 Å². The van der Waals surface area contributed by atoms with E-state index in [2.05, 4.69) is 16.8 Å². The Morgan fingerprint density at radius 2 is 1.96 bits per heavy atom. The third kappa shape index (κ3) is 4.09. The van der Waals surface area contributed by atoms with Gasteiger partial charge in [0.25, 0.3) is 5.91 Å². The Morgan fingerprint density at radius 1 is 1.27 bits per heavy atom. The average Bonchev–Trinajstić information content (AvgIpc) is 2.87. The summed E-state index contributed by atoms with van der Waals surface area (Å²) in [4.78, 5) is 24.2. The zero-order valence-electron chi connectivity index (χ0n) is 15.6. The largest absolute Gasteiger partial charge is 0.349 e. The third-order valence-corrected chi connectivity index (χ3v) is 4.28. The van der Waals surface area contributed by atoms with E-state index >= 15 is 0 Å². The molecule has 1 aromatic carbocycles.